The number of hydrogen-bond donors (Lipinski definition) is 1. The van der Waals surface area contributed by atoms with Crippen molar-refractivity contribution in [2.24, 2.45) is 5.92 Å². The van der Waals surface area contributed by atoms with Crippen molar-refractivity contribution in [3.63, 3.8) is 0 Å². The molecule has 100 valence electrons. The highest BCUT2D eigenvalue weighted by molar-refractivity contribution is 6.20. The van der Waals surface area contributed by atoms with E-state index in [-0.39, 0.29) is 0 Å². The molecular weight excluding hydrogens is 248 g/mol. The molecule has 0 spiro atoms. The predicted octanol–water partition coefficient (Wildman–Crippen LogP) is 3.69. The Bertz CT molecular complexity index is 373. The second kappa shape index (κ2) is 6.83. The van der Waals surface area contributed by atoms with E-state index in [1.807, 2.05) is 12.1 Å². The molecule has 1 saturated carbocycles. The van der Waals surface area contributed by atoms with Gasteiger partial charge in [-0.05, 0) is 43.7 Å². The zero-order valence-electron chi connectivity index (χ0n) is 10.9. The molecule has 1 aliphatic rings. The van der Waals surface area contributed by atoms with Crippen LogP contribution in [0.5, 0.6) is 5.75 Å². The number of hydrogen-bond acceptors (Lipinski definition) is 3. The van der Waals surface area contributed by atoms with E-state index >= 15 is 0 Å². The molecule has 0 radical (unpaired) electrons. The van der Waals surface area contributed by atoms with Gasteiger partial charge >= 0.3 is 0 Å². The molecule has 18 heavy (non-hydrogen) atoms. The van der Waals surface area contributed by atoms with Crippen molar-refractivity contribution >= 4 is 17.4 Å². The SMILES string of the molecule is CCCOc1cccnc1NCC1CCC(Cl)C1. The average molecular weight is 269 g/mol. The number of halogens is 1. The van der Waals surface area contributed by atoms with Crippen LogP contribution in [-0.2, 0) is 0 Å². The van der Waals surface area contributed by atoms with E-state index in [1.165, 1.54) is 6.42 Å². The van der Waals surface area contributed by atoms with Crippen molar-refractivity contribution in [3.8, 4) is 5.75 Å². The van der Waals surface area contributed by atoms with Crippen molar-refractivity contribution in [1.29, 1.82) is 0 Å². The van der Waals surface area contributed by atoms with Gasteiger partial charge in [0.2, 0.25) is 0 Å². The van der Waals surface area contributed by atoms with Crippen LogP contribution in [0.3, 0.4) is 0 Å². The molecule has 4 heteroatoms. The first-order valence-electron chi connectivity index (χ1n) is 6.75. The first-order valence-corrected chi connectivity index (χ1v) is 7.19. The Morgan fingerprint density at radius 2 is 2.39 bits per heavy atom. The van der Waals surface area contributed by atoms with Crippen LogP contribution in [0.15, 0.2) is 18.3 Å². The number of nitrogens with one attached hydrogen (secondary N) is 1. The summed E-state index contributed by atoms with van der Waals surface area (Å²) in [5.41, 5.74) is 0. The van der Waals surface area contributed by atoms with Crippen LogP contribution >= 0.6 is 11.6 Å². The fraction of sp³-hybridized carbons (Fsp3) is 0.643. The van der Waals surface area contributed by atoms with E-state index in [9.17, 15) is 0 Å². The van der Waals surface area contributed by atoms with Crippen molar-refractivity contribution in [2.75, 3.05) is 18.5 Å². The predicted molar refractivity (Wildman–Crippen MR) is 75.5 cm³/mol. The van der Waals surface area contributed by atoms with Crippen molar-refractivity contribution < 1.29 is 4.74 Å². The van der Waals surface area contributed by atoms with Crippen LogP contribution < -0.4 is 10.1 Å². The fourth-order valence-corrected chi connectivity index (χ4v) is 2.67. The van der Waals surface area contributed by atoms with Crippen LogP contribution in [0.4, 0.5) is 5.82 Å². The molecule has 0 bridgehead atoms. The minimum Gasteiger partial charge on any atom is -0.490 e. The number of anilines is 1. The van der Waals surface area contributed by atoms with Crippen LogP contribution in [0.1, 0.15) is 32.6 Å². The lowest BCUT2D eigenvalue weighted by Gasteiger charge is -2.14. The largest absolute Gasteiger partial charge is 0.490 e. The fourth-order valence-electron chi connectivity index (χ4n) is 2.29. The zero-order chi connectivity index (χ0) is 12.8. The Balaban J connectivity index is 1.88. The van der Waals surface area contributed by atoms with Gasteiger partial charge in [0, 0.05) is 18.1 Å². The summed E-state index contributed by atoms with van der Waals surface area (Å²) in [4.78, 5) is 4.34. The molecule has 2 atom stereocenters. The lowest BCUT2D eigenvalue weighted by atomic mass is 10.1. The van der Waals surface area contributed by atoms with Gasteiger partial charge in [-0.15, -0.1) is 11.6 Å². The Kier molecular flexibility index (Phi) is 5.12. The summed E-state index contributed by atoms with van der Waals surface area (Å²) in [6.07, 6.45) is 6.24. The Morgan fingerprint density at radius 1 is 1.50 bits per heavy atom. The standard InChI is InChI=1S/C14H21ClN2O/c1-2-8-18-13-4-3-7-16-14(13)17-10-11-5-6-12(15)9-11/h3-4,7,11-12H,2,5-6,8-10H2,1H3,(H,16,17). The second-order valence-corrected chi connectivity index (χ2v) is 5.47. The molecule has 1 aromatic heterocycles. The van der Waals surface area contributed by atoms with Gasteiger partial charge in [0.05, 0.1) is 6.61 Å². The van der Waals surface area contributed by atoms with E-state index in [0.717, 1.165) is 44.0 Å². The molecule has 2 unspecified atom stereocenters. The van der Waals surface area contributed by atoms with Crippen LogP contribution in [0.2, 0.25) is 0 Å². The molecule has 2 rings (SSSR count). The normalized spacial score (nSPS) is 23.0. The highest BCUT2D eigenvalue weighted by atomic mass is 35.5. The summed E-state index contributed by atoms with van der Waals surface area (Å²) in [6, 6.07) is 3.87. The molecule has 1 aromatic rings. The lowest BCUT2D eigenvalue weighted by molar-refractivity contribution is 0.317. The maximum Gasteiger partial charge on any atom is 0.168 e. The number of alkyl halides is 1. The molecule has 0 aliphatic heterocycles. The molecule has 1 aliphatic carbocycles. The summed E-state index contributed by atoms with van der Waals surface area (Å²) in [5.74, 6) is 2.36. The van der Waals surface area contributed by atoms with Gasteiger partial charge in [0.25, 0.3) is 0 Å². The third-order valence-electron chi connectivity index (χ3n) is 3.27. The van der Waals surface area contributed by atoms with Crippen LogP contribution in [-0.4, -0.2) is 23.5 Å². The third-order valence-corrected chi connectivity index (χ3v) is 3.66. The zero-order valence-corrected chi connectivity index (χ0v) is 11.6. The second-order valence-electron chi connectivity index (χ2n) is 4.86. The third kappa shape index (κ3) is 3.77. The van der Waals surface area contributed by atoms with Gasteiger partial charge in [-0.3, -0.25) is 0 Å². The first kappa shape index (κ1) is 13.5. The van der Waals surface area contributed by atoms with Gasteiger partial charge < -0.3 is 10.1 Å². The molecule has 0 saturated heterocycles. The van der Waals surface area contributed by atoms with Gasteiger partial charge in [-0.2, -0.15) is 0 Å². The number of ether oxygens (including phenoxy) is 1. The molecule has 1 heterocycles. The number of nitrogens with zero attached hydrogens (tertiary/aromatic N) is 1. The molecule has 1 fully saturated rings. The van der Waals surface area contributed by atoms with E-state index in [2.05, 4.69) is 17.2 Å². The highest BCUT2D eigenvalue weighted by Crippen LogP contribution is 2.30. The summed E-state index contributed by atoms with van der Waals surface area (Å²) in [6.45, 7) is 3.76. The maximum absolute atomic E-state index is 6.12. The highest BCUT2D eigenvalue weighted by Gasteiger charge is 2.22. The Morgan fingerprint density at radius 3 is 3.11 bits per heavy atom. The molecular formula is C14H21ClN2O. The maximum atomic E-state index is 6.12. The Hall–Kier alpha value is -0.960. The molecule has 3 nitrogen and oxygen atoms in total. The van der Waals surface area contributed by atoms with Crippen molar-refractivity contribution in [2.45, 2.75) is 38.0 Å². The first-order chi connectivity index (χ1) is 8.79. The van der Waals surface area contributed by atoms with E-state index in [4.69, 9.17) is 16.3 Å². The quantitative estimate of drug-likeness (QED) is 0.799. The van der Waals surface area contributed by atoms with E-state index in [0.29, 0.717) is 11.3 Å². The van der Waals surface area contributed by atoms with Gasteiger partial charge in [0.1, 0.15) is 0 Å². The molecule has 1 N–H and O–H groups in total. The molecule has 0 aromatic carbocycles. The van der Waals surface area contributed by atoms with Crippen molar-refractivity contribution in [1.82, 2.24) is 4.98 Å². The smallest absolute Gasteiger partial charge is 0.168 e. The van der Waals surface area contributed by atoms with E-state index in [1.54, 1.807) is 6.20 Å². The summed E-state index contributed by atoms with van der Waals surface area (Å²) in [7, 11) is 0. The monoisotopic (exact) mass is 268 g/mol. The van der Waals surface area contributed by atoms with E-state index < -0.39 is 0 Å². The lowest BCUT2D eigenvalue weighted by Crippen LogP contribution is -2.13. The van der Waals surface area contributed by atoms with Crippen LogP contribution in [0, 0.1) is 5.92 Å². The van der Waals surface area contributed by atoms with Gasteiger partial charge in [-0.25, -0.2) is 4.98 Å². The number of rotatable bonds is 6. The number of pyridine rings is 1. The molecule has 0 amide bonds. The average Bonchev–Trinajstić information content (AvgIpc) is 2.81. The minimum atomic E-state index is 0.358. The summed E-state index contributed by atoms with van der Waals surface area (Å²) >= 11 is 6.12. The summed E-state index contributed by atoms with van der Waals surface area (Å²) in [5, 5.41) is 3.75. The summed E-state index contributed by atoms with van der Waals surface area (Å²) < 4.78 is 5.67. The topological polar surface area (TPSA) is 34.1 Å². The van der Waals surface area contributed by atoms with Gasteiger partial charge in [-0.1, -0.05) is 6.92 Å². The van der Waals surface area contributed by atoms with Crippen LogP contribution in [0.25, 0.3) is 0 Å². The number of aromatic nitrogens is 1. The van der Waals surface area contributed by atoms with Gasteiger partial charge in [0.15, 0.2) is 11.6 Å². The minimum absolute atomic E-state index is 0.358. The Labute approximate surface area is 114 Å². The van der Waals surface area contributed by atoms with Crippen molar-refractivity contribution in [3.05, 3.63) is 18.3 Å².